The summed E-state index contributed by atoms with van der Waals surface area (Å²) < 4.78 is 4.67. The van der Waals surface area contributed by atoms with E-state index in [0.29, 0.717) is 0 Å². The van der Waals surface area contributed by atoms with E-state index >= 15 is 0 Å². The highest BCUT2D eigenvalue weighted by Crippen LogP contribution is 2.15. The van der Waals surface area contributed by atoms with Crippen LogP contribution in [0.2, 0.25) is 0 Å². The molecular weight excluding hydrogens is 740 g/mol. The largest absolute Gasteiger partial charge is 0.205 e. The van der Waals surface area contributed by atoms with Gasteiger partial charge in [-0.15, -0.1) is 0 Å². The number of alkyl halides is 2. The van der Waals surface area contributed by atoms with E-state index in [1.807, 2.05) is 0 Å². The van der Waals surface area contributed by atoms with Gasteiger partial charge in [0.1, 0.15) is 13.1 Å². The van der Waals surface area contributed by atoms with Crippen LogP contribution in [0.15, 0.2) is 85.5 Å². The molecule has 0 atom stereocenters. The SMILES string of the molecule is BrCCCCCc1cccc(CCCCCBr)c1.Cc1cc[n+](CCCCCc2cccc(CCCCC[n+]3ccc(C)c(C)c3)c2)cc1C. The molecule has 0 bridgehead atoms. The fourth-order valence-electron chi connectivity index (χ4n) is 6.43. The highest BCUT2D eigenvalue weighted by Gasteiger charge is 2.05. The van der Waals surface area contributed by atoms with Crippen molar-refractivity contribution in [2.75, 3.05) is 10.7 Å². The molecule has 0 radical (unpaired) electrons. The van der Waals surface area contributed by atoms with Gasteiger partial charge in [0, 0.05) is 46.8 Å². The number of unbranched alkanes of at least 4 members (excludes halogenated alkanes) is 8. The summed E-state index contributed by atoms with van der Waals surface area (Å²) in [6.45, 7) is 11.0. The Morgan fingerprint density at radius 1 is 0.400 bits per heavy atom. The molecule has 272 valence electrons. The van der Waals surface area contributed by atoms with Crippen molar-refractivity contribution in [3.05, 3.63) is 130 Å². The van der Waals surface area contributed by atoms with Gasteiger partial charge < -0.3 is 0 Å². The maximum Gasteiger partial charge on any atom is 0.171 e. The Kier molecular flexibility index (Phi) is 21.6. The quantitative estimate of drug-likeness (QED) is 0.0425. The van der Waals surface area contributed by atoms with Gasteiger partial charge in [0.15, 0.2) is 24.8 Å². The van der Waals surface area contributed by atoms with E-state index in [1.54, 1.807) is 0 Å². The van der Waals surface area contributed by atoms with Gasteiger partial charge in [-0.3, -0.25) is 0 Å². The Morgan fingerprint density at radius 3 is 1.06 bits per heavy atom. The highest BCUT2D eigenvalue weighted by atomic mass is 79.9. The molecule has 0 amide bonds. The lowest BCUT2D eigenvalue weighted by Gasteiger charge is -2.06. The number of halogens is 2. The molecule has 0 N–H and O–H groups in total. The van der Waals surface area contributed by atoms with E-state index in [0.717, 1.165) is 23.7 Å². The summed E-state index contributed by atoms with van der Waals surface area (Å²) in [7, 11) is 0. The van der Waals surface area contributed by atoms with Gasteiger partial charge in [0.05, 0.1) is 0 Å². The predicted octanol–water partition coefficient (Wildman–Crippen LogP) is 12.2. The average Bonchev–Trinajstić information content (AvgIpc) is 3.12. The van der Waals surface area contributed by atoms with Gasteiger partial charge in [-0.05, 0) is 138 Å². The summed E-state index contributed by atoms with van der Waals surface area (Å²) in [4.78, 5) is 0. The molecule has 0 fully saturated rings. The molecule has 50 heavy (non-hydrogen) atoms. The number of rotatable bonds is 22. The van der Waals surface area contributed by atoms with E-state index in [1.165, 1.54) is 147 Å². The standard InChI is InChI=1S/C30H42N2.C16H24Br2/c1-25-16-20-31(23-27(25)3)18-9-5-7-12-29-14-11-15-30(22-29)13-8-6-10-19-32-21-17-26(2)28(4)24-32;17-12-5-1-3-8-15-10-7-11-16(14-15)9-4-2-6-13-18/h11,14-17,20-24H,5-10,12-13,18-19H2,1-4H3;7,10-11,14H,1-6,8-9,12-13H2/q+2;. The van der Waals surface area contributed by atoms with Crippen molar-refractivity contribution >= 4 is 31.9 Å². The number of nitrogens with zero attached hydrogens (tertiary/aromatic N) is 2. The molecule has 0 aliphatic carbocycles. The van der Waals surface area contributed by atoms with Crippen LogP contribution in [0, 0.1) is 27.7 Å². The Labute approximate surface area is 323 Å². The first kappa shape index (κ1) is 42.1. The normalized spacial score (nSPS) is 11.0. The van der Waals surface area contributed by atoms with Crippen molar-refractivity contribution in [1.29, 1.82) is 0 Å². The van der Waals surface area contributed by atoms with Gasteiger partial charge in [-0.25, -0.2) is 9.13 Å². The number of hydrogen-bond donors (Lipinski definition) is 0. The van der Waals surface area contributed by atoms with Crippen LogP contribution in [0.3, 0.4) is 0 Å². The van der Waals surface area contributed by atoms with Gasteiger partial charge in [0.2, 0.25) is 0 Å². The van der Waals surface area contributed by atoms with Crippen LogP contribution in [0.4, 0.5) is 0 Å². The average molecular weight is 807 g/mol. The first-order valence-corrected chi connectivity index (χ1v) is 21.8. The second-order valence-corrected chi connectivity index (χ2v) is 15.9. The van der Waals surface area contributed by atoms with Crippen LogP contribution in [0.1, 0.15) is 122 Å². The van der Waals surface area contributed by atoms with E-state index in [4.69, 9.17) is 0 Å². The van der Waals surface area contributed by atoms with E-state index < -0.39 is 0 Å². The molecule has 2 heterocycles. The lowest BCUT2D eigenvalue weighted by Crippen LogP contribution is -2.33. The summed E-state index contributed by atoms with van der Waals surface area (Å²) in [5.41, 5.74) is 11.6. The summed E-state index contributed by atoms with van der Waals surface area (Å²) in [5, 5.41) is 2.28. The molecule has 4 heteroatoms. The fraction of sp³-hybridized carbons (Fsp3) is 0.522. The van der Waals surface area contributed by atoms with E-state index in [-0.39, 0.29) is 0 Å². The van der Waals surface area contributed by atoms with Crippen LogP contribution in [0.5, 0.6) is 0 Å². The molecule has 2 aromatic carbocycles. The third kappa shape index (κ3) is 17.8. The molecule has 2 nitrogen and oxygen atoms in total. The van der Waals surface area contributed by atoms with Crippen molar-refractivity contribution in [3.8, 4) is 0 Å². The van der Waals surface area contributed by atoms with Crippen molar-refractivity contribution in [3.63, 3.8) is 0 Å². The number of pyridine rings is 2. The third-order valence-corrected chi connectivity index (χ3v) is 11.1. The van der Waals surface area contributed by atoms with Crippen LogP contribution >= 0.6 is 31.9 Å². The number of aromatic nitrogens is 2. The summed E-state index contributed by atoms with van der Waals surface area (Å²) >= 11 is 6.97. The van der Waals surface area contributed by atoms with Crippen molar-refractivity contribution in [2.45, 2.75) is 144 Å². The van der Waals surface area contributed by atoms with E-state index in [9.17, 15) is 0 Å². The summed E-state index contributed by atoms with van der Waals surface area (Å²) in [6, 6.07) is 22.9. The number of aryl methyl sites for hydroxylation is 10. The molecule has 0 aliphatic heterocycles. The topological polar surface area (TPSA) is 7.76 Å². The third-order valence-electron chi connectivity index (χ3n) is 9.94. The Hall–Kier alpha value is -2.30. The minimum atomic E-state index is 1.13. The smallest absolute Gasteiger partial charge is 0.171 e. The molecular formula is C46H66Br2N2+2. The molecule has 0 saturated heterocycles. The van der Waals surface area contributed by atoms with Crippen molar-refractivity contribution in [1.82, 2.24) is 0 Å². The lowest BCUT2D eigenvalue weighted by atomic mass is 10.0. The van der Waals surface area contributed by atoms with Gasteiger partial charge in [0.25, 0.3) is 0 Å². The monoisotopic (exact) mass is 804 g/mol. The molecule has 0 saturated carbocycles. The Balaban J connectivity index is 0.000000319. The summed E-state index contributed by atoms with van der Waals surface area (Å²) in [5.74, 6) is 0. The number of hydrogen-bond acceptors (Lipinski definition) is 0. The second kappa shape index (κ2) is 25.6. The molecule has 4 aromatic rings. The minimum Gasteiger partial charge on any atom is -0.205 e. The molecule has 0 aliphatic rings. The lowest BCUT2D eigenvalue weighted by molar-refractivity contribution is -0.697. The minimum absolute atomic E-state index is 1.13. The van der Waals surface area contributed by atoms with Crippen LogP contribution < -0.4 is 9.13 Å². The fourth-order valence-corrected chi connectivity index (χ4v) is 7.22. The zero-order valence-electron chi connectivity index (χ0n) is 31.9. The summed E-state index contributed by atoms with van der Waals surface area (Å²) in [6.07, 6.45) is 29.4. The second-order valence-electron chi connectivity index (χ2n) is 14.4. The maximum atomic E-state index is 3.49. The first-order valence-electron chi connectivity index (χ1n) is 19.6. The van der Waals surface area contributed by atoms with Crippen LogP contribution in [0.25, 0.3) is 0 Å². The first-order chi connectivity index (χ1) is 24.4. The zero-order chi connectivity index (χ0) is 35.8. The van der Waals surface area contributed by atoms with Crippen LogP contribution in [-0.4, -0.2) is 10.7 Å². The van der Waals surface area contributed by atoms with Gasteiger partial charge in [-0.1, -0.05) is 93.2 Å². The van der Waals surface area contributed by atoms with Gasteiger partial charge >= 0.3 is 0 Å². The maximum absolute atomic E-state index is 3.49. The Bertz CT molecular complexity index is 1390. The molecule has 2 aromatic heterocycles. The van der Waals surface area contributed by atoms with Crippen LogP contribution in [-0.2, 0) is 38.8 Å². The highest BCUT2D eigenvalue weighted by molar-refractivity contribution is 9.09. The van der Waals surface area contributed by atoms with Gasteiger partial charge in [-0.2, -0.15) is 0 Å². The molecule has 4 rings (SSSR count). The Morgan fingerprint density at radius 2 is 0.740 bits per heavy atom. The van der Waals surface area contributed by atoms with E-state index in [2.05, 4.69) is 154 Å². The van der Waals surface area contributed by atoms with Crippen molar-refractivity contribution < 1.29 is 9.13 Å². The predicted molar refractivity (Wildman–Crippen MR) is 223 cm³/mol. The van der Waals surface area contributed by atoms with Crippen molar-refractivity contribution in [2.24, 2.45) is 0 Å². The molecule has 0 unspecified atom stereocenters. The molecule has 0 spiro atoms. The number of benzene rings is 2. The zero-order valence-corrected chi connectivity index (χ0v) is 35.0.